The van der Waals surface area contributed by atoms with Gasteiger partial charge < -0.3 is 16.4 Å². The SMILES string of the molecule is CSCC1CCN(c2cc(C3CC(N)C3)nc(N)n2)CC1. The van der Waals surface area contributed by atoms with Crippen molar-refractivity contribution in [3.63, 3.8) is 0 Å². The molecule has 0 spiro atoms. The van der Waals surface area contributed by atoms with Crippen LogP contribution in [0.2, 0.25) is 0 Å². The van der Waals surface area contributed by atoms with Crippen molar-refractivity contribution in [2.24, 2.45) is 11.7 Å². The largest absolute Gasteiger partial charge is 0.368 e. The van der Waals surface area contributed by atoms with E-state index in [1.165, 1.54) is 18.6 Å². The van der Waals surface area contributed by atoms with Crippen LogP contribution < -0.4 is 16.4 Å². The Hall–Kier alpha value is -1.01. The van der Waals surface area contributed by atoms with Gasteiger partial charge in [-0.1, -0.05) is 0 Å². The maximum Gasteiger partial charge on any atom is 0.222 e. The number of hydrogen-bond acceptors (Lipinski definition) is 6. The molecule has 1 aliphatic carbocycles. The number of piperidine rings is 1. The fraction of sp³-hybridized carbons (Fsp3) is 0.733. The van der Waals surface area contributed by atoms with Crippen LogP contribution in [0.1, 0.15) is 37.3 Å². The van der Waals surface area contributed by atoms with Crippen LogP contribution in [0.5, 0.6) is 0 Å². The smallest absolute Gasteiger partial charge is 0.222 e. The van der Waals surface area contributed by atoms with E-state index in [2.05, 4.69) is 27.2 Å². The first-order valence-corrected chi connectivity index (χ1v) is 9.19. The minimum absolute atomic E-state index is 0.330. The number of thioether (sulfide) groups is 1. The fourth-order valence-corrected chi connectivity index (χ4v) is 4.12. The van der Waals surface area contributed by atoms with Crippen molar-refractivity contribution in [3.05, 3.63) is 11.8 Å². The molecule has 1 aromatic rings. The van der Waals surface area contributed by atoms with E-state index < -0.39 is 0 Å². The lowest BCUT2D eigenvalue weighted by molar-refractivity contribution is 0.345. The van der Waals surface area contributed by atoms with E-state index in [-0.39, 0.29) is 0 Å². The van der Waals surface area contributed by atoms with E-state index in [1.807, 2.05) is 11.8 Å². The maximum atomic E-state index is 5.91. The van der Waals surface area contributed by atoms with E-state index in [1.54, 1.807) is 0 Å². The van der Waals surface area contributed by atoms with Gasteiger partial charge in [-0.25, -0.2) is 4.98 Å². The molecule has 1 saturated carbocycles. The molecular formula is C15H25N5S. The second kappa shape index (κ2) is 6.40. The second-order valence-electron chi connectivity index (χ2n) is 6.32. The third-order valence-corrected chi connectivity index (χ3v) is 5.49. The van der Waals surface area contributed by atoms with Gasteiger partial charge in [0, 0.05) is 31.1 Å². The van der Waals surface area contributed by atoms with Crippen LogP contribution in [0.25, 0.3) is 0 Å². The Morgan fingerprint density at radius 3 is 2.62 bits per heavy atom. The third kappa shape index (κ3) is 3.43. The van der Waals surface area contributed by atoms with Crippen molar-refractivity contribution < 1.29 is 0 Å². The summed E-state index contributed by atoms with van der Waals surface area (Å²) in [6, 6.07) is 2.46. The molecular weight excluding hydrogens is 282 g/mol. The summed E-state index contributed by atoms with van der Waals surface area (Å²) in [5, 5.41) is 0. The van der Waals surface area contributed by atoms with Gasteiger partial charge in [0.05, 0.1) is 5.69 Å². The average molecular weight is 307 g/mol. The standard InChI is InChI=1S/C15H25N5S/c1-21-9-10-2-4-20(5-3-10)14-8-13(18-15(17)19-14)11-6-12(16)7-11/h8,10-12H,2-7,9,16H2,1H3,(H2,17,18,19). The minimum Gasteiger partial charge on any atom is -0.368 e. The van der Waals surface area contributed by atoms with Crippen LogP contribution in [0.3, 0.4) is 0 Å². The molecule has 21 heavy (non-hydrogen) atoms. The lowest BCUT2D eigenvalue weighted by Gasteiger charge is -2.35. The van der Waals surface area contributed by atoms with E-state index in [9.17, 15) is 0 Å². The maximum absolute atomic E-state index is 5.91. The molecule has 4 N–H and O–H groups in total. The van der Waals surface area contributed by atoms with Gasteiger partial charge in [-0.2, -0.15) is 16.7 Å². The molecule has 0 bridgehead atoms. The van der Waals surface area contributed by atoms with Crippen molar-refractivity contribution in [1.82, 2.24) is 9.97 Å². The highest BCUT2D eigenvalue weighted by Gasteiger charge is 2.30. The molecule has 0 aromatic carbocycles. The number of nitrogen functional groups attached to an aromatic ring is 1. The van der Waals surface area contributed by atoms with Crippen LogP contribution in [-0.2, 0) is 0 Å². The Morgan fingerprint density at radius 1 is 1.29 bits per heavy atom. The molecule has 0 radical (unpaired) electrons. The summed E-state index contributed by atoms with van der Waals surface area (Å²) in [7, 11) is 0. The first-order valence-electron chi connectivity index (χ1n) is 7.79. The van der Waals surface area contributed by atoms with Crippen molar-refractivity contribution in [3.8, 4) is 0 Å². The van der Waals surface area contributed by atoms with Gasteiger partial charge in [-0.15, -0.1) is 0 Å². The van der Waals surface area contributed by atoms with Gasteiger partial charge in [-0.3, -0.25) is 0 Å². The summed E-state index contributed by atoms with van der Waals surface area (Å²) in [6.07, 6.45) is 6.72. The number of hydrogen-bond donors (Lipinski definition) is 2. The summed E-state index contributed by atoms with van der Waals surface area (Å²) in [5.41, 5.74) is 12.9. The molecule has 1 aromatic heterocycles. The zero-order valence-electron chi connectivity index (χ0n) is 12.7. The van der Waals surface area contributed by atoms with Gasteiger partial charge in [-0.05, 0) is 43.6 Å². The molecule has 2 fully saturated rings. The number of aromatic nitrogens is 2. The highest BCUT2D eigenvalue weighted by Crippen LogP contribution is 2.36. The molecule has 1 saturated heterocycles. The molecule has 1 aliphatic heterocycles. The number of rotatable bonds is 4. The van der Waals surface area contributed by atoms with Crippen LogP contribution >= 0.6 is 11.8 Å². The summed E-state index contributed by atoms with van der Waals surface area (Å²) in [4.78, 5) is 11.2. The van der Waals surface area contributed by atoms with E-state index in [0.29, 0.717) is 17.9 Å². The number of anilines is 2. The average Bonchev–Trinajstić information content (AvgIpc) is 2.44. The predicted octanol–water partition coefficient (Wildman–Crippen LogP) is 1.84. The van der Waals surface area contributed by atoms with Gasteiger partial charge in [0.15, 0.2) is 0 Å². The Labute approximate surface area is 130 Å². The zero-order chi connectivity index (χ0) is 14.8. The highest BCUT2D eigenvalue weighted by molar-refractivity contribution is 7.98. The van der Waals surface area contributed by atoms with E-state index in [4.69, 9.17) is 11.5 Å². The lowest BCUT2D eigenvalue weighted by Crippen LogP contribution is -2.37. The predicted molar refractivity (Wildman–Crippen MR) is 89.7 cm³/mol. The number of nitrogens with zero attached hydrogens (tertiary/aromatic N) is 3. The van der Waals surface area contributed by atoms with Crippen molar-refractivity contribution >= 4 is 23.5 Å². The summed E-state index contributed by atoms with van der Waals surface area (Å²) >= 11 is 1.95. The quantitative estimate of drug-likeness (QED) is 0.883. The molecule has 0 atom stereocenters. The Balaban J connectivity index is 1.68. The molecule has 6 heteroatoms. The normalized spacial score (nSPS) is 26.7. The first kappa shape index (κ1) is 14.9. The van der Waals surface area contributed by atoms with Crippen LogP contribution in [0.15, 0.2) is 6.07 Å². The minimum atomic E-state index is 0.330. The topological polar surface area (TPSA) is 81.1 Å². The van der Waals surface area contributed by atoms with Crippen LogP contribution in [-0.4, -0.2) is 41.1 Å². The molecule has 0 unspecified atom stereocenters. The molecule has 2 heterocycles. The lowest BCUT2D eigenvalue weighted by atomic mass is 9.78. The molecule has 0 amide bonds. The Kier molecular flexibility index (Phi) is 4.54. The molecule has 116 valence electrons. The molecule has 2 aliphatic rings. The van der Waals surface area contributed by atoms with Gasteiger partial charge in [0.1, 0.15) is 5.82 Å². The monoisotopic (exact) mass is 307 g/mol. The Morgan fingerprint density at radius 2 is 2.00 bits per heavy atom. The molecule has 5 nitrogen and oxygen atoms in total. The fourth-order valence-electron chi connectivity index (χ4n) is 3.31. The van der Waals surface area contributed by atoms with Crippen LogP contribution in [0.4, 0.5) is 11.8 Å². The summed E-state index contributed by atoms with van der Waals surface area (Å²) in [6.45, 7) is 2.15. The number of nitrogens with two attached hydrogens (primary N) is 2. The van der Waals surface area contributed by atoms with Crippen molar-refractivity contribution in [2.75, 3.05) is 35.7 Å². The third-order valence-electron chi connectivity index (χ3n) is 4.68. The van der Waals surface area contributed by atoms with Crippen molar-refractivity contribution in [2.45, 2.75) is 37.6 Å². The summed E-state index contributed by atoms with van der Waals surface area (Å²) < 4.78 is 0. The van der Waals surface area contributed by atoms with Gasteiger partial charge >= 0.3 is 0 Å². The Bertz CT molecular complexity index is 481. The highest BCUT2D eigenvalue weighted by atomic mass is 32.2. The first-order chi connectivity index (χ1) is 10.2. The molecule has 3 rings (SSSR count). The van der Waals surface area contributed by atoms with E-state index in [0.717, 1.165) is 43.4 Å². The second-order valence-corrected chi connectivity index (χ2v) is 7.23. The van der Waals surface area contributed by atoms with Gasteiger partial charge in [0.25, 0.3) is 0 Å². The van der Waals surface area contributed by atoms with Crippen LogP contribution in [0, 0.1) is 5.92 Å². The zero-order valence-corrected chi connectivity index (χ0v) is 13.5. The summed E-state index contributed by atoms with van der Waals surface area (Å²) in [5.74, 6) is 3.98. The van der Waals surface area contributed by atoms with Crippen molar-refractivity contribution in [1.29, 1.82) is 0 Å². The van der Waals surface area contributed by atoms with Gasteiger partial charge in [0.2, 0.25) is 5.95 Å². The van der Waals surface area contributed by atoms with E-state index >= 15 is 0 Å².